The number of aldehydes is 1. The fourth-order valence-corrected chi connectivity index (χ4v) is 2.05. The van der Waals surface area contributed by atoms with Crippen molar-refractivity contribution in [3.63, 3.8) is 0 Å². The van der Waals surface area contributed by atoms with Gasteiger partial charge in [0, 0.05) is 5.56 Å². The maximum Gasteiger partial charge on any atom is 0.155 e. The number of carbonyl (C=O) groups excluding carboxylic acids is 1. The van der Waals surface area contributed by atoms with Gasteiger partial charge in [-0.3, -0.25) is 4.79 Å². The Balaban J connectivity index is 2.73. The second-order valence-corrected chi connectivity index (χ2v) is 4.33. The molecule has 0 N–H and O–H groups in total. The number of benzene rings is 1. The summed E-state index contributed by atoms with van der Waals surface area (Å²) < 4.78 is 13.0. The number of nitrogens with zero attached hydrogens (tertiary/aromatic N) is 2. The van der Waals surface area contributed by atoms with E-state index < -0.39 is 5.82 Å². The lowest BCUT2D eigenvalue weighted by Gasteiger charge is -2.08. The fourth-order valence-electron chi connectivity index (χ4n) is 1.54. The van der Waals surface area contributed by atoms with Crippen LogP contribution in [0.3, 0.4) is 0 Å². The Hall–Kier alpha value is -1.52. The summed E-state index contributed by atoms with van der Waals surface area (Å²) in [7, 11) is 0. The van der Waals surface area contributed by atoms with Crippen molar-refractivity contribution in [1.82, 2.24) is 9.97 Å². The summed E-state index contributed by atoms with van der Waals surface area (Å²) in [5.74, 6) is -0.0609. The Kier molecular flexibility index (Phi) is 3.59. The molecule has 1 aromatic heterocycles. The van der Waals surface area contributed by atoms with Crippen LogP contribution in [0.2, 0.25) is 10.2 Å². The molecule has 0 aliphatic rings. The SMILES string of the molecule is Cc1nc(Cl)c(C=O)c(-c2ccc(F)cc2Cl)n1. The van der Waals surface area contributed by atoms with E-state index in [9.17, 15) is 9.18 Å². The second kappa shape index (κ2) is 5.00. The van der Waals surface area contributed by atoms with Crippen molar-refractivity contribution in [2.45, 2.75) is 6.92 Å². The van der Waals surface area contributed by atoms with Crippen LogP contribution in [-0.4, -0.2) is 16.3 Å². The van der Waals surface area contributed by atoms with E-state index in [1.165, 1.54) is 12.1 Å². The van der Waals surface area contributed by atoms with Crippen LogP contribution in [0.5, 0.6) is 0 Å². The van der Waals surface area contributed by atoms with E-state index in [2.05, 4.69) is 9.97 Å². The first kappa shape index (κ1) is 12.9. The van der Waals surface area contributed by atoms with Gasteiger partial charge in [-0.2, -0.15) is 0 Å². The molecule has 0 unspecified atom stereocenters. The molecule has 3 nitrogen and oxygen atoms in total. The Morgan fingerprint density at radius 3 is 2.61 bits per heavy atom. The van der Waals surface area contributed by atoms with Crippen molar-refractivity contribution in [1.29, 1.82) is 0 Å². The fraction of sp³-hybridized carbons (Fsp3) is 0.0833. The zero-order valence-corrected chi connectivity index (χ0v) is 10.8. The molecule has 1 heterocycles. The highest BCUT2D eigenvalue weighted by atomic mass is 35.5. The molecule has 0 saturated heterocycles. The highest BCUT2D eigenvalue weighted by Crippen LogP contribution is 2.31. The predicted octanol–water partition coefficient (Wildman–Crippen LogP) is 3.71. The third-order valence-electron chi connectivity index (χ3n) is 2.32. The van der Waals surface area contributed by atoms with E-state index in [1.807, 2.05) is 0 Å². The number of hydrogen-bond donors (Lipinski definition) is 0. The largest absolute Gasteiger partial charge is 0.298 e. The van der Waals surface area contributed by atoms with Crippen LogP contribution in [0.25, 0.3) is 11.3 Å². The Bertz CT molecular complexity index is 632. The molecule has 92 valence electrons. The topological polar surface area (TPSA) is 42.9 Å². The Labute approximate surface area is 113 Å². The molecule has 0 aliphatic heterocycles. The van der Waals surface area contributed by atoms with E-state index in [1.54, 1.807) is 6.92 Å². The average molecular weight is 285 g/mol. The number of rotatable bonds is 2. The molecule has 6 heteroatoms. The number of aromatic nitrogens is 2. The van der Waals surface area contributed by atoms with E-state index in [4.69, 9.17) is 23.2 Å². The van der Waals surface area contributed by atoms with E-state index in [0.717, 1.165) is 6.07 Å². The van der Waals surface area contributed by atoms with Crippen molar-refractivity contribution >= 4 is 29.5 Å². The minimum Gasteiger partial charge on any atom is -0.298 e. The summed E-state index contributed by atoms with van der Waals surface area (Å²) in [5.41, 5.74) is 0.871. The first-order chi connectivity index (χ1) is 8.52. The lowest BCUT2D eigenvalue weighted by molar-refractivity contribution is 0.112. The predicted molar refractivity (Wildman–Crippen MR) is 67.6 cm³/mol. The Morgan fingerprint density at radius 1 is 1.28 bits per heavy atom. The molecule has 0 amide bonds. The average Bonchev–Trinajstić information content (AvgIpc) is 2.28. The van der Waals surface area contributed by atoms with Gasteiger partial charge in [-0.05, 0) is 25.1 Å². The highest BCUT2D eigenvalue weighted by molar-refractivity contribution is 6.34. The first-order valence-corrected chi connectivity index (χ1v) is 5.73. The van der Waals surface area contributed by atoms with Gasteiger partial charge in [0.1, 0.15) is 16.8 Å². The molecule has 0 spiro atoms. The summed E-state index contributed by atoms with van der Waals surface area (Å²) in [6.45, 7) is 1.64. The third-order valence-corrected chi connectivity index (χ3v) is 2.92. The van der Waals surface area contributed by atoms with Gasteiger partial charge in [0.05, 0.1) is 16.3 Å². The molecule has 2 aromatic rings. The number of hydrogen-bond acceptors (Lipinski definition) is 3. The van der Waals surface area contributed by atoms with Gasteiger partial charge in [-0.1, -0.05) is 23.2 Å². The van der Waals surface area contributed by atoms with Crippen molar-refractivity contribution in [3.05, 3.63) is 45.6 Å². The zero-order chi connectivity index (χ0) is 13.3. The van der Waals surface area contributed by atoms with E-state index in [-0.39, 0.29) is 15.7 Å². The molecule has 0 radical (unpaired) electrons. The van der Waals surface area contributed by atoms with Gasteiger partial charge >= 0.3 is 0 Å². The van der Waals surface area contributed by atoms with Gasteiger partial charge in [0.15, 0.2) is 6.29 Å². The normalized spacial score (nSPS) is 10.4. The monoisotopic (exact) mass is 284 g/mol. The van der Waals surface area contributed by atoms with E-state index >= 15 is 0 Å². The molecule has 1 aromatic carbocycles. The van der Waals surface area contributed by atoms with E-state index in [0.29, 0.717) is 23.4 Å². The van der Waals surface area contributed by atoms with Gasteiger partial charge in [0.25, 0.3) is 0 Å². The van der Waals surface area contributed by atoms with Crippen molar-refractivity contribution < 1.29 is 9.18 Å². The van der Waals surface area contributed by atoms with Crippen LogP contribution in [-0.2, 0) is 0 Å². The lowest BCUT2D eigenvalue weighted by Crippen LogP contribution is -2.00. The quantitative estimate of drug-likeness (QED) is 0.624. The van der Waals surface area contributed by atoms with Gasteiger partial charge in [-0.25, -0.2) is 14.4 Å². The van der Waals surface area contributed by atoms with Crippen molar-refractivity contribution in [2.24, 2.45) is 0 Å². The summed E-state index contributed by atoms with van der Waals surface area (Å²) in [6, 6.07) is 3.83. The first-order valence-electron chi connectivity index (χ1n) is 4.97. The van der Waals surface area contributed by atoms with Crippen LogP contribution >= 0.6 is 23.2 Å². The summed E-state index contributed by atoms with van der Waals surface area (Å²) in [5, 5.41) is 0.208. The van der Waals surface area contributed by atoms with Crippen LogP contribution in [0.15, 0.2) is 18.2 Å². The minimum atomic E-state index is -0.465. The summed E-state index contributed by atoms with van der Waals surface area (Å²) in [6.07, 6.45) is 0.552. The van der Waals surface area contributed by atoms with Gasteiger partial charge in [-0.15, -0.1) is 0 Å². The molecule has 0 atom stereocenters. The lowest BCUT2D eigenvalue weighted by atomic mass is 10.1. The van der Waals surface area contributed by atoms with Crippen LogP contribution in [0.4, 0.5) is 4.39 Å². The highest BCUT2D eigenvalue weighted by Gasteiger charge is 2.15. The molecule has 0 bridgehead atoms. The smallest absolute Gasteiger partial charge is 0.155 e. The maximum atomic E-state index is 13.0. The third kappa shape index (κ3) is 2.35. The van der Waals surface area contributed by atoms with Gasteiger partial charge in [0.2, 0.25) is 0 Å². The van der Waals surface area contributed by atoms with Crippen molar-refractivity contribution in [2.75, 3.05) is 0 Å². The Morgan fingerprint density at radius 2 is 2.00 bits per heavy atom. The molecule has 0 fully saturated rings. The van der Waals surface area contributed by atoms with Crippen LogP contribution in [0.1, 0.15) is 16.2 Å². The summed E-state index contributed by atoms with van der Waals surface area (Å²) in [4.78, 5) is 19.0. The van der Waals surface area contributed by atoms with Crippen LogP contribution < -0.4 is 0 Å². The standard InChI is InChI=1S/C12H7Cl2FN2O/c1-6-16-11(9(5-18)12(14)17-6)8-3-2-7(15)4-10(8)13/h2-5H,1H3. The minimum absolute atomic E-state index is 0.0490. The number of aryl methyl sites for hydroxylation is 1. The molecule has 0 saturated carbocycles. The zero-order valence-electron chi connectivity index (χ0n) is 9.25. The molecule has 0 aliphatic carbocycles. The second-order valence-electron chi connectivity index (χ2n) is 3.57. The number of carbonyl (C=O) groups is 1. The van der Waals surface area contributed by atoms with Crippen LogP contribution in [0, 0.1) is 12.7 Å². The maximum absolute atomic E-state index is 13.0. The molecular weight excluding hydrogens is 278 g/mol. The number of halogens is 3. The van der Waals surface area contributed by atoms with Crippen molar-refractivity contribution in [3.8, 4) is 11.3 Å². The summed E-state index contributed by atoms with van der Waals surface area (Å²) >= 11 is 11.8. The molecule has 2 rings (SSSR count). The molecular formula is C12H7Cl2FN2O. The molecule has 18 heavy (non-hydrogen) atoms. The van der Waals surface area contributed by atoms with Gasteiger partial charge < -0.3 is 0 Å².